The van der Waals surface area contributed by atoms with E-state index in [1.165, 1.54) is 12.1 Å². The second-order valence-corrected chi connectivity index (χ2v) is 5.25. The minimum absolute atomic E-state index is 0.106. The number of nitrogens with zero attached hydrogens (tertiary/aromatic N) is 3. The number of hydrogen-bond acceptors (Lipinski definition) is 7. The highest BCUT2D eigenvalue weighted by Gasteiger charge is 2.25. The van der Waals surface area contributed by atoms with E-state index in [0.29, 0.717) is 9.50 Å². The normalized spacial score (nSPS) is 10.3. The summed E-state index contributed by atoms with van der Waals surface area (Å²) in [6.07, 6.45) is 1.06. The zero-order valence-electron chi connectivity index (χ0n) is 10.0. The predicted octanol–water partition coefficient (Wildman–Crippen LogP) is 3.53. The van der Waals surface area contributed by atoms with E-state index in [4.69, 9.17) is 33.8 Å². The van der Waals surface area contributed by atoms with Crippen LogP contribution in [-0.2, 0) is 0 Å². The molecule has 0 aliphatic heterocycles. The molecule has 1 aromatic heterocycles. The summed E-state index contributed by atoms with van der Waals surface area (Å²) < 4.78 is 5.91. The van der Waals surface area contributed by atoms with Crippen molar-refractivity contribution in [3.05, 3.63) is 43.1 Å². The number of anilines is 1. The van der Waals surface area contributed by atoms with E-state index in [1.807, 2.05) is 0 Å². The fourth-order valence-corrected chi connectivity index (χ4v) is 2.23. The average Bonchev–Trinajstić information content (AvgIpc) is 2.44. The van der Waals surface area contributed by atoms with E-state index in [9.17, 15) is 10.1 Å². The number of nitrogen functional groups attached to an aromatic ring is 1. The minimum Gasteiger partial charge on any atom is -0.432 e. The lowest BCUT2D eigenvalue weighted by Gasteiger charge is -2.09. The Morgan fingerprint density at radius 1 is 1.33 bits per heavy atom. The van der Waals surface area contributed by atoms with Crippen LogP contribution < -0.4 is 16.0 Å². The van der Waals surface area contributed by atoms with E-state index in [2.05, 4.69) is 31.3 Å². The quantitative estimate of drug-likeness (QED) is 0.352. The summed E-state index contributed by atoms with van der Waals surface area (Å²) >= 11 is 15.1. The van der Waals surface area contributed by atoms with E-state index >= 15 is 0 Å². The summed E-state index contributed by atoms with van der Waals surface area (Å²) in [5.74, 6) is 4.77. The first-order valence-electron chi connectivity index (χ1n) is 5.22. The van der Waals surface area contributed by atoms with Crippen molar-refractivity contribution in [2.24, 2.45) is 5.84 Å². The Morgan fingerprint density at radius 3 is 2.67 bits per heavy atom. The molecule has 1 heterocycles. The molecular formula is C10H6BrCl2N5O3. The Morgan fingerprint density at radius 2 is 2.05 bits per heavy atom. The van der Waals surface area contributed by atoms with Gasteiger partial charge in [0, 0.05) is 10.5 Å². The van der Waals surface area contributed by atoms with Gasteiger partial charge in [-0.15, -0.1) is 0 Å². The van der Waals surface area contributed by atoms with Crippen LogP contribution in [0.1, 0.15) is 0 Å². The number of nitro groups is 1. The van der Waals surface area contributed by atoms with Gasteiger partial charge in [0.2, 0.25) is 5.82 Å². The van der Waals surface area contributed by atoms with Crippen molar-refractivity contribution < 1.29 is 9.66 Å². The van der Waals surface area contributed by atoms with Crippen molar-refractivity contribution in [2.75, 3.05) is 5.43 Å². The molecule has 2 aromatic rings. The van der Waals surface area contributed by atoms with Crippen molar-refractivity contribution >= 4 is 50.6 Å². The van der Waals surface area contributed by atoms with Gasteiger partial charge >= 0.3 is 11.6 Å². The van der Waals surface area contributed by atoms with Gasteiger partial charge in [-0.2, -0.15) is 4.98 Å². The van der Waals surface area contributed by atoms with Gasteiger partial charge in [-0.1, -0.05) is 23.2 Å². The first-order valence-corrected chi connectivity index (χ1v) is 6.77. The lowest BCUT2D eigenvalue weighted by molar-refractivity contribution is -0.385. The molecule has 0 spiro atoms. The second-order valence-electron chi connectivity index (χ2n) is 3.58. The topological polar surface area (TPSA) is 116 Å². The number of hydrogen-bond donors (Lipinski definition) is 2. The van der Waals surface area contributed by atoms with Crippen molar-refractivity contribution in [3.63, 3.8) is 0 Å². The summed E-state index contributed by atoms with van der Waals surface area (Å²) in [6, 6.07) is 2.89. The predicted molar refractivity (Wildman–Crippen MR) is 80.7 cm³/mol. The Labute approximate surface area is 136 Å². The molecule has 0 amide bonds. The van der Waals surface area contributed by atoms with Crippen LogP contribution in [0.5, 0.6) is 11.6 Å². The van der Waals surface area contributed by atoms with Crippen molar-refractivity contribution in [2.45, 2.75) is 0 Å². The van der Waals surface area contributed by atoms with Crippen molar-refractivity contribution in [1.82, 2.24) is 9.97 Å². The number of aromatic nitrogens is 2. The van der Waals surface area contributed by atoms with Gasteiger partial charge in [0.1, 0.15) is 12.1 Å². The highest BCUT2D eigenvalue weighted by molar-refractivity contribution is 9.10. The van der Waals surface area contributed by atoms with E-state index in [1.54, 1.807) is 0 Å². The van der Waals surface area contributed by atoms with Crippen LogP contribution in [-0.4, -0.2) is 14.9 Å². The Balaban J connectivity index is 2.49. The Hall–Kier alpha value is -1.68. The number of rotatable bonds is 4. The zero-order chi connectivity index (χ0) is 15.6. The molecular weight excluding hydrogens is 389 g/mol. The number of ether oxygens (including phenoxy) is 1. The van der Waals surface area contributed by atoms with Gasteiger partial charge < -0.3 is 10.2 Å². The fourth-order valence-electron chi connectivity index (χ4n) is 1.39. The van der Waals surface area contributed by atoms with Gasteiger partial charge in [-0.3, -0.25) is 10.1 Å². The third kappa shape index (κ3) is 3.32. The van der Waals surface area contributed by atoms with Gasteiger partial charge in [-0.25, -0.2) is 10.8 Å². The molecule has 0 saturated carbocycles. The van der Waals surface area contributed by atoms with E-state index in [0.717, 1.165) is 6.33 Å². The first kappa shape index (κ1) is 15.7. The molecule has 0 radical (unpaired) electrons. The molecule has 0 saturated heterocycles. The maximum Gasteiger partial charge on any atom is 0.374 e. The molecule has 0 bridgehead atoms. The lowest BCUT2D eigenvalue weighted by Crippen LogP contribution is -2.12. The molecule has 0 aliphatic rings. The van der Waals surface area contributed by atoms with Crippen LogP contribution in [0.25, 0.3) is 0 Å². The third-order valence-corrected chi connectivity index (χ3v) is 3.78. The molecule has 0 atom stereocenters. The fraction of sp³-hybridized carbons (Fsp3) is 0. The first-order chi connectivity index (χ1) is 9.93. The molecule has 2 rings (SSSR count). The molecule has 0 unspecified atom stereocenters. The second kappa shape index (κ2) is 6.39. The summed E-state index contributed by atoms with van der Waals surface area (Å²) in [4.78, 5) is 17.7. The smallest absolute Gasteiger partial charge is 0.374 e. The highest BCUT2D eigenvalue weighted by atomic mass is 79.9. The minimum atomic E-state index is -0.723. The zero-order valence-corrected chi connectivity index (χ0v) is 13.1. The number of hydrazine groups is 1. The molecule has 110 valence electrons. The monoisotopic (exact) mass is 393 g/mol. The Bertz CT molecular complexity index is 715. The molecule has 8 nitrogen and oxygen atoms in total. The van der Waals surface area contributed by atoms with Crippen molar-refractivity contribution in [1.29, 1.82) is 0 Å². The molecule has 1 aromatic carbocycles. The Kier molecular flexibility index (Phi) is 4.78. The number of halogens is 3. The van der Waals surface area contributed by atoms with Gasteiger partial charge in [0.05, 0.1) is 15.0 Å². The van der Waals surface area contributed by atoms with Crippen LogP contribution in [0, 0.1) is 10.1 Å². The standard InChI is InChI=1S/C10H6BrCl2N5O3/c11-4-1-6(13)7(2-5(4)12)21-10-8(18(19)20)9(17-14)15-3-16-10/h1-3H,14H2,(H,15,16,17). The van der Waals surface area contributed by atoms with E-state index in [-0.39, 0.29) is 22.5 Å². The maximum atomic E-state index is 11.1. The molecule has 0 aliphatic carbocycles. The van der Waals surface area contributed by atoms with Crippen LogP contribution in [0.2, 0.25) is 10.0 Å². The maximum absolute atomic E-state index is 11.1. The number of nitrogens with one attached hydrogen (secondary N) is 1. The lowest BCUT2D eigenvalue weighted by atomic mass is 10.3. The van der Waals surface area contributed by atoms with Crippen LogP contribution in [0.4, 0.5) is 11.5 Å². The summed E-state index contributed by atoms with van der Waals surface area (Å²) in [5.41, 5.74) is 1.58. The molecule has 0 fully saturated rings. The molecule has 21 heavy (non-hydrogen) atoms. The molecule has 3 N–H and O–H groups in total. The van der Waals surface area contributed by atoms with Crippen LogP contribution >= 0.6 is 39.1 Å². The van der Waals surface area contributed by atoms with Gasteiger partial charge in [0.15, 0.2) is 0 Å². The van der Waals surface area contributed by atoms with Gasteiger partial charge in [-0.05, 0) is 22.0 Å². The average molecular weight is 395 g/mol. The van der Waals surface area contributed by atoms with Gasteiger partial charge in [0.25, 0.3) is 0 Å². The largest absolute Gasteiger partial charge is 0.432 e. The third-order valence-electron chi connectivity index (χ3n) is 2.29. The highest BCUT2D eigenvalue weighted by Crippen LogP contribution is 2.39. The number of nitrogens with two attached hydrogens (primary N) is 1. The summed E-state index contributed by atoms with van der Waals surface area (Å²) in [5, 5.41) is 11.6. The SMILES string of the molecule is NNc1ncnc(Oc2cc(Cl)c(Br)cc2Cl)c1[N+](=O)[O-]. The van der Waals surface area contributed by atoms with Crippen LogP contribution in [0.15, 0.2) is 22.9 Å². The van der Waals surface area contributed by atoms with E-state index < -0.39 is 10.6 Å². The summed E-state index contributed by atoms with van der Waals surface area (Å²) in [7, 11) is 0. The summed E-state index contributed by atoms with van der Waals surface area (Å²) in [6.45, 7) is 0. The number of benzene rings is 1. The van der Waals surface area contributed by atoms with Crippen LogP contribution in [0.3, 0.4) is 0 Å². The van der Waals surface area contributed by atoms with Crippen molar-refractivity contribution in [3.8, 4) is 11.6 Å². The molecule has 11 heteroatoms.